The van der Waals surface area contributed by atoms with E-state index in [0.29, 0.717) is 35.1 Å². The predicted molar refractivity (Wildman–Crippen MR) is 216 cm³/mol. The van der Waals surface area contributed by atoms with Crippen molar-refractivity contribution >= 4 is 20.3 Å². The minimum absolute atomic E-state index is 0.0587. The molecule has 1 fully saturated rings. The number of thioether (sulfide) groups is 1. The van der Waals surface area contributed by atoms with E-state index >= 15 is 0 Å². The minimum atomic E-state index is -1.66. The van der Waals surface area contributed by atoms with Gasteiger partial charge in [0.1, 0.15) is 34.5 Å². The second-order valence-electron chi connectivity index (χ2n) is 13.6. The maximum atomic E-state index is 13.5. The summed E-state index contributed by atoms with van der Waals surface area (Å²) in [6, 6.07) is 31.8. The van der Waals surface area contributed by atoms with E-state index in [0.717, 1.165) is 16.7 Å². The van der Waals surface area contributed by atoms with Crippen LogP contribution in [-0.4, -0.2) is 71.7 Å². The summed E-state index contributed by atoms with van der Waals surface area (Å²) in [6.45, 7) is 8.60. The Morgan fingerprint density at radius 2 is 1.48 bits per heavy atom. The first-order valence-corrected chi connectivity index (χ1v) is 20.7. The molecule has 2 heterocycles. The van der Waals surface area contributed by atoms with E-state index in [1.807, 2.05) is 78.9 Å². The van der Waals surface area contributed by atoms with E-state index in [9.17, 15) is 10.1 Å². The molecule has 0 spiro atoms. The van der Waals surface area contributed by atoms with Gasteiger partial charge < -0.3 is 28.0 Å². The quantitative estimate of drug-likeness (QED) is 0.0280. The molecule has 3 aromatic carbocycles. The van der Waals surface area contributed by atoms with Crippen LogP contribution in [0.5, 0.6) is 11.5 Å². The van der Waals surface area contributed by atoms with Crippen LogP contribution in [-0.2, 0) is 24.1 Å². The molecule has 1 aliphatic rings. The first kappa shape index (κ1) is 42.8. The number of nitriles is 2. The van der Waals surface area contributed by atoms with Crippen molar-refractivity contribution in [3.63, 3.8) is 0 Å². The fraction of sp³-hybridized carbons (Fsp3) is 0.429. The lowest BCUT2D eigenvalue weighted by Crippen LogP contribution is -2.39. The Kier molecular flexibility index (Phi) is 15.9. The number of aromatic nitrogens is 2. The Balaban J connectivity index is 1.57. The molecule has 1 unspecified atom stereocenters. The molecule has 0 N–H and O–H groups in total. The topological polar surface area (TPSA) is 141 Å². The number of rotatable bonds is 20. The molecule has 1 aromatic heterocycles. The fourth-order valence-electron chi connectivity index (χ4n) is 6.72. The summed E-state index contributed by atoms with van der Waals surface area (Å²) in [7, 11) is 1.61. The number of hydrogen-bond donors (Lipinski definition) is 0. The van der Waals surface area contributed by atoms with Gasteiger partial charge in [-0.2, -0.15) is 15.5 Å². The summed E-state index contributed by atoms with van der Waals surface area (Å²) in [6.07, 6.45) is 0.589. The molecule has 4 atom stereocenters. The van der Waals surface area contributed by atoms with Crippen LogP contribution in [0.15, 0.2) is 101 Å². The van der Waals surface area contributed by atoms with E-state index in [1.54, 1.807) is 26.5 Å². The van der Waals surface area contributed by atoms with Gasteiger partial charge in [0.15, 0.2) is 0 Å². The fourth-order valence-corrected chi connectivity index (χ4v) is 9.18. The zero-order chi connectivity index (χ0) is 40.1. The Labute approximate surface area is 335 Å². The van der Waals surface area contributed by atoms with Crippen molar-refractivity contribution in [2.24, 2.45) is 0 Å². The van der Waals surface area contributed by atoms with Gasteiger partial charge in [0.25, 0.3) is 8.53 Å². The molecular formula is C42H50N5O7PS. The van der Waals surface area contributed by atoms with Gasteiger partial charge in [-0.25, -0.2) is 9.46 Å². The largest absolute Gasteiger partial charge is 0.497 e. The molecule has 5 rings (SSSR count). The Morgan fingerprint density at radius 3 is 2.02 bits per heavy atom. The Hall–Kier alpha value is -4.30. The standard InChI is InChI=1S/C42H50N5O7PS/c1-30(2)47(31(3)4)55(52-26-10-23-43)54-37-28-40(46-25-22-39(45-41(46)48)56-27-11-24-44)53-38(37)29-51-42(32-12-8-7-9-13-32,33-14-18-35(49-5)19-15-33)34-16-20-36(50-6)21-17-34/h7-9,12-22,25,30-31,37-38,40H,10-11,26-29H2,1-6H3/t37-,38+,40+,55?/m0/s1. The molecule has 0 amide bonds. The minimum Gasteiger partial charge on any atom is -0.497 e. The lowest BCUT2D eigenvalue weighted by molar-refractivity contribution is -0.0926. The van der Waals surface area contributed by atoms with Crippen molar-refractivity contribution in [2.75, 3.05) is 33.2 Å². The number of ether oxygens (including phenoxy) is 4. The van der Waals surface area contributed by atoms with Gasteiger partial charge in [-0.3, -0.25) is 4.57 Å². The van der Waals surface area contributed by atoms with Gasteiger partial charge >= 0.3 is 5.69 Å². The van der Waals surface area contributed by atoms with E-state index in [4.69, 9.17) is 33.3 Å². The second kappa shape index (κ2) is 20.7. The van der Waals surface area contributed by atoms with E-state index < -0.39 is 38.3 Å². The second-order valence-corrected chi connectivity index (χ2v) is 16.1. The third-order valence-electron chi connectivity index (χ3n) is 9.28. The summed E-state index contributed by atoms with van der Waals surface area (Å²) >= 11 is 1.36. The summed E-state index contributed by atoms with van der Waals surface area (Å²) in [5, 5.41) is 18.8. The zero-order valence-electron chi connectivity index (χ0n) is 32.7. The first-order valence-electron chi connectivity index (χ1n) is 18.6. The average molecular weight is 800 g/mol. The van der Waals surface area contributed by atoms with Crippen LogP contribution < -0.4 is 15.2 Å². The van der Waals surface area contributed by atoms with Gasteiger partial charge in [0.2, 0.25) is 0 Å². The first-order chi connectivity index (χ1) is 27.1. The summed E-state index contributed by atoms with van der Waals surface area (Å²) < 4.78 is 42.0. The van der Waals surface area contributed by atoms with E-state index in [1.165, 1.54) is 16.3 Å². The lowest BCUT2D eigenvalue weighted by Gasteiger charge is -2.39. The highest BCUT2D eigenvalue weighted by molar-refractivity contribution is 7.99. The molecule has 1 aliphatic heterocycles. The molecule has 296 valence electrons. The molecule has 56 heavy (non-hydrogen) atoms. The van der Waals surface area contributed by atoms with Crippen LogP contribution in [0.4, 0.5) is 0 Å². The van der Waals surface area contributed by atoms with Crippen molar-refractivity contribution in [3.8, 4) is 23.6 Å². The molecular weight excluding hydrogens is 750 g/mol. The number of benzene rings is 3. The molecule has 4 aromatic rings. The normalized spacial score (nSPS) is 17.5. The molecule has 14 heteroatoms. The molecule has 0 aliphatic carbocycles. The molecule has 0 bridgehead atoms. The van der Waals surface area contributed by atoms with Crippen LogP contribution in [0.2, 0.25) is 0 Å². The zero-order valence-corrected chi connectivity index (χ0v) is 34.4. The molecule has 0 saturated carbocycles. The number of methoxy groups -OCH3 is 2. The van der Waals surface area contributed by atoms with Gasteiger partial charge in [-0.05, 0) is 74.7 Å². The van der Waals surface area contributed by atoms with Crippen LogP contribution in [0, 0.1) is 22.7 Å². The van der Waals surface area contributed by atoms with Crippen molar-refractivity contribution < 1.29 is 28.0 Å². The highest BCUT2D eigenvalue weighted by Crippen LogP contribution is 2.50. The van der Waals surface area contributed by atoms with Crippen molar-refractivity contribution in [3.05, 3.63) is 118 Å². The summed E-state index contributed by atoms with van der Waals surface area (Å²) in [5.74, 6) is 1.95. The number of hydrogen-bond acceptors (Lipinski definition) is 12. The maximum Gasteiger partial charge on any atom is 0.350 e. The monoisotopic (exact) mass is 799 g/mol. The highest BCUT2D eigenvalue weighted by atomic mass is 32.2. The van der Waals surface area contributed by atoms with Crippen LogP contribution in [0.1, 0.15) is 69.9 Å². The van der Waals surface area contributed by atoms with Gasteiger partial charge in [0, 0.05) is 36.9 Å². The Bertz CT molecular complexity index is 1910. The summed E-state index contributed by atoms with van der Waals surface area (Å²) in [5.41, 5.74) is 1.02. The lowest BCUT2D eigenvalue weighted by atomic mass is 9.80. The van der Waals surface area contributed by atoms with Crippen LogP contribution >= 0.6 is 20.3 Å². The highest BCUT2D eigenvalue weighted by Gasteiger charge is 2.45. The number of nitrogens with zero attached hydrogens (tertiary/aromatic N) is 5. The van der Waals surface area contributed by atoms with Crippen molar-refractivity contribution in [2.45, 2.75) is 88.1 Å². The van der Waals surface area contributed by atoms with Gasteiger partial charge in [-0.1, -0.05) is 54.6 Å². The third-order valence-corrected chi connectivity index (χ3v) is 12.4. The van der Waals surface area contributed by atoms with Gasteiger partial charge in [-0.15, -0.1) is 11.8 Å². The summed E-state index contributed by atoms with van der Waals surface area (Å²) in [4.78, 5) is 17.8. The third kappa shape index (κ3) is 10.4. The van der Waals surface area contributed by atoms with E-state index in [2.05, 4.69) is 49.5 Å². The van der Waals surface area contributed by atoms with Gasteiger partial charge in [0.05, 0.1) is 52.1 Å². The van der Waals surface area contributed by atoms with Crippen molar-refractivity contribution in [1.29, 1.82) is 10.5 Å². The molecule has 1 saturated heterocycles. The SMILES string of the molecule is COc1ccc(C(OC[C@H]2O[C@@H](n3ccc(SCCC#N)nc3=O)C[C@@H]2OP(OCCC#N)N(C(C)C)C(C)C)(c2ccccc2)c2ccc(OC)cc2)cc1. The average Bonchev–Trinajstić information content (AvgIpc) is 3.60. The predicted octanol–water partition coefficient (Wildman–Crippen LogP) is 8.22. The van der Waals surface area contributed by atoms with Crippen LogP contribution in [0.3, 0.4) is 0 Å². The molecule has 0 radical (unpaired) electrons. The maximum absolute atomic E-state index is 13.5. The Morgan fingerprint density at radius 1 is 0.893 bits per heavy atom. The van der Waals surface area contributed by atoms with Crippen LogP contribution in [0.25, 0.3) is 0 Å². The van der Waals surface area contributed by atoms with Crippen molar-refractivity contribution in [1.82, 2.24) is 14.2 Å². The smallest absolute Gasteiger partial charge is 0.350 e. The van der Waals surface area contributed by atoms with E-state index in [-0.39, 0.29) is 31.7 Å². The molecule has 12 nitrogen and oxygen atoms in total.